The van der Waals surface area contributed by atoms with Gasteiger partial charge in [-0.1, -0.05) is 92.9 Å². The maximum atomic E-state index is 13.5. The van der Waals surface area contributed by atoms with E-state index in [1.54, 1.807) is 65.5 Å². The maximum absolute atomic E-state index is 13.5. The van der Waals surface area contributed by atoms with E-state index in [4.69, 9.17) is 52.1 Å². The second kappa shape index (κ2) is 45.9. The van der Waals surface area contributed by atoms with Crippen LogP contribution in [0.4, 0.5) is 46.4 Å². The lowest BCUT2D eigenvalue weighted by Gasteiger charge is -2.36. The molecule has 11 aromatic rings. The van der Waals surface area contributed by atoms with Crippen LogP contribution in [0.3, 0.4) is 0 Å². The number of nitrogens with zero attached hydrogens (tertiary/aromatic N) is 13. The Kier molecular flexibility index (Phi) is 34.5. The summed E-state index contributed by atoms with van der Waals surface area (Å²) in [6, 6.07) is 40.8. The number of pyridine rings is 7. The number of sulfonamides is 4. The van der Waals surface area contributed by atoms with Crippen molar-refractivity contribution < 1.29 is 72.2 Å². The third-order valence-corrected chi connectivity index (χ3v) is 32.4. The molecule has 1 aliphatic carbocycles. The summed E-state index contributed by atoms with van der Waals surface area (Å²) in [7, 11) is -17.0. The molecule has 4 saturated heterocycles. The van der Waals surface area contributed by atoms with Crippen LogP contribution in [0.25, 0.3) is 28.2 Å². The van der Waals surface area contributed by atoms with Crippen LogP contribution in [0.5, 0.6) is 23.3 Å². The summed E-state index contributed by atoms with van der Waals surface area (Å²) in [6.07, 6.45) is 16.0. The van der Waals surface area contributed by atoms with Crippen LogP contribution in [-0.2, 0) is 40.1 Å². The number of anilines is 8. The first kappa shape index (κ1) is 111. The van der Waals surface area contributed by atoms with Crippen molar-refractivity contribution in [1.29, 1.82) is 0 Å². The quantitative estimate of drug-likeness (QED) is 0.0210. The van der Waals surface area contributed by atoms with Gasteiger partial charge in [0, 0.05) is 89.7 Å². The molecular formula is C107H139N21O16S4. The fraction of sp³-hybridized carbons (Fsp3) is 0.439. The highest BCUT2D eigenvalue weighted by Gasteiger charge is 2.45. The number of phenols is 1. The van der Waals surface area contributed by atoms with E-state index in [9.17, 15) is 58.0 Å². The number of aromatic hydroxyl groups is 1. The first-order valence-electron chi connectivity index (χ1n) is 50.0. The van der Waals surface area contributed by atoms with E-state index in [1.165, 1.54) is 98.4 Å². The zero-order valence-electron chi connectivity index (χ0n) is 87.5. The van der Waals surface area contributed by atoms with E-state index in [2.05, 4.69) is 169 Å². The molecular weight excluding hydrogens is 1960 g/mol. The first-order chi connectivity index (χ1) is 69.6. The number of nitrogens with one attached hydrogen (secondary N) is 4. The van der Waals surface area contributed by atoms with Crippen LogP contribution < -0.4 is 75.6 Å². The fourth-order valence-corrected chi connectivity index (χ4v) is 23.9. The number of rotatable bonds is 29. The second-order valence-electron chi connectivity index (χ2n) is 41.8. The Morgan fingerprint density at radius 1 is 0.486 bits per heavy atom. The molecule has 13 N–H and O–H groups in total. The third-order valence-electron chi connectivity index (χ3n) is 27.2. The van der Waals surface area contributed by atoms with E-state index < -0.39 is 63.7 Å². The Morgan fingerprint density at radius 2 is 0.973 bits per heavy atom. The zero-order valence-corrected chi connectivity index (χ0v) is 90.8. The Balaban J connectivity index is 0.000000165. The number of phenolic OH excluding ortho intramolecular Hbond substituents is 1. The molecule has 148 heavy (non-hydrogen) atoms. The molecule has 5 aliphatic rings. The molecule has 0 bridgehead atoms. The number of aryl methyl sites for hydroxylation is 3. The highest BCUT2D eigenvalue weighted by Crippen LogP contribution is 2.46. The molecule has 0 radical (unpaired) electrons. The lowest BCUT2D eigenvalue weighted by Crippen LogP contribution is -2.43. The number of hydrogen-bond acceptors (Lipinski definition) is 32. The number of nitrogens with two attached hydrogens (primary N) is 4. The van der Waals surface area contributed by atoms with Crippen LogP contribution in [0, 0.1) is 56.3 Å². The van der Waals surface area contributed by atoms with Crippen molar-refractivity contribution in [3.8, 4) is 51.5 Å². The van der Waals surface area contributed by atoms with Crippen molar-refractivity contribution in [1.82, 2.24) is 63.6 Å². The van der Waals surface area contributed by atoms with Crippen molar-refractivity contribution in [3.63, 3.8) is 0 Å². The van der Waals surface area contributed by atoms with Crippen molar-refractivity contribution in [2.45, 2.75) is 257 Å². The van der Waals surface area contributed by atoms with Crippen molar-refractivity contribution in [3.05, 3.63) is 209 Å². The number of aromatic nitrogens is 9. The average molecular weight is 2100 g/mol. The maximum Gasteiger partial charge on any atom is 0.281 e. The Morgan fingerprint density at radius 3 is 1.49 bits per heavy atom. The predicted molar refractivity (Wildman–Crippen MR) is 574 cm³/mol. The standard InChI is InChI=1S/C30H39N5O4S.C27H39N5O4S.C25H32N6O4S.C25H29N5O4S/c1-7-30(6)16-21(5)17-35(30)28-24(29(36)34-40(37,38)27-10-8-9-26(31)33-27)11-12-25(32-28)22-13-20(4)14-23(15-22)39-18-19(2)3;1-17-15-27(4,5)32(16-17)24-21(25(33)31-37(34,35)23-13-9-12-22(28)29-23)14-18(2)26(30-24)36-19(3)20-10-7-6-8-11-20;1-16(2)15-35-23-11-13-30(28-23)19-9-10-20(21(14-19)31-17(3)7-8-18(31)4)25(32)29-36(33,34)22-6-5-12-27-24(22)26;1-15-7-8-17(20(31)12-15)19-10-9-18(23(28-19)30-14-16(2)13-25(30,3)4)24(32)29-35(33,34)21-6-5-11-27-22(21)26/h8-15,19,21H,7,16-18H2,1-6H3,(H2,31,33)(H,34,36);9,12-14,17,19-20H,6-8,10-11,15-16H2,1-5H3,(H2,28,29)(H,31,33);5-6,9-14,16-18H,7-8,15H2,1-4H3,(H2,26,27)(H,29,32);5-12,16,31H,13-14H2,1-4H3,(H2,26,27)(H,29,32)/t;17-,19?;17-,18+;16-/m.0.0/s1. The van der Waals surface area contributed by atoms with Crippen molar-refractivity contribution >= 4 is 110 Å². The van der Waals surface area contributed by atoms with E-state index >= 15 is 0 Å². The minimum atomic E-state index is -4.27. The van der Waals surface area contributed by atoms with Gasteiger partial charge in [-0.3, -0.25) is 19.2 Å². The lowest BCUT2D eigenvalue weighted by atomic mass is 9.86. The minimum Gasteiger partial charge on any atom is -0.507 e. The van der Waals surface area contributed by atoms with Gasteiger partial charge in [0.1, 0.15) is 68.1 Å². The molecule has 3 unspecified atom stereocenters. The summed E-state index contributed by atoms with van der Waals surface area (Å²) in [4.78, 5) is 91.5. The molecule has 37 nitrogen and oxygen atoms in total. The summed E-state index contributed by atoms with van der Waals surface area (Å²) in [5.74, 6) is 1.99. The van der Waals surface area contributed by atoms with Crippen molar-refractivity contribution in [2.24, 2.45) is 35.5 Å². The van der Waals surface area contributed by atoms with Gasteiger partial charge >= 0.3 is 0 Å². The lowest BCUT2D eigenvalue weighted by molar-refractivity contribution is 0.0971. The molecule has 3 aromatic carbocycles. The van der Waals surface area contributed by atoms with E-state index in [0.717, 1.165) is 79.5 Å². The van der Waals surface area contributed by atoms with Gasteiger partial charge in [0.05, 0.1) is 58.2 Å². The van der Waals surface area contributed by atoms with Gasteiger partial charge in [-0.15, -0.1) is 5.10 Å². The molecule has 7 atom stereocenters. The van der Waals surface area contributed by atoms with Gasteiger partial charge in [0.15, 0.2) is 10.1 Å². The van der Waals surface area contributed by atoms with Gasteiger partial charge < -0.3 is 61.9 Å². The summed E-state index contributed by atoms with van der Waals surface area (Å²) in [5.41, 5.74) is 29.2. The van der Waals surface area contributed by atoms with E-state index in [-0.39, 0.29) is 106 Å². The molecule has 12 heterocycles. The number of hydrogen-bond donors (Lipinski definition) is 9. The van der Waals surface area contributed by atoms with Crippen LogP contribution in [0.15, 0.2) is 190 Å². The average Bonchev–Trinajstić information content (AvgIpc) is 1.60. The van der Waals surface area contributed by atoms with E-state index in [1.807, 2.05) is 56.0 Å². The predicted octanol–water partition coefficient (Wildman–Crippen LogP) is 16.5. The number of carbonyl (C=O) groups is 4. The number of carbonyl (C=O) groups excluding carboxylic acids is 4. The highest BCUT2D eigenvalue weighted by molar-refractivity contribution is 7.91. The zero-order chi connectivity index (χ0) is 108. The van der Waals surface area contributed by atoms with Gasteiger partial charge in [-0.05, 0) is 302 Å². The summed E-state index contributed by atoms with van der Waals surface area (Å²) in [6.45, 7) is 42.6. The smallest absolute Gasteiger partial charge is 0.281 e. The number of amides is 4. The van der Waals surface area contributed by atoms with Gasteiger partial charge in [-0.2, -0.15) is 21.8 Å². The molecule has 16 rings (SSSR count). The summed E-state index contributed by atoms with van der Waals surface area (Å²) in [5, 5.41) is 14.4. The molecule has 0 spiro atoms. The number of benzene rings is 3. The Labute approximate surface area is 868 Å². The van der Waals surface area contributed by atoms with Crippen LogP contribution in [0.1, 0.15) is 240 Å². The topological polar surface area (TPSA) is 526 Å². The normalized spacial score (nSPS) is 18.9. The van der Waals surface area contributed by atoms with Crippen molar-refractivity contribution in [2.75, 3.05) is 75.4 Å². The summed E-state index contributed by atoms with van der Waals surface area (Å²) < 4.78 is 132. The Bertz CT molecular complexity index is 7200. The molecule has 4 aliphatic heterocycles. The highest BCUT2D eigenvalue weighted by atomic mass is 32.2. The number of nitrogen functional groups attached to an aromatic ring is 4. The minimum absolute atomic E-state index is 0.000435. The van der Waals surface area contributed by atoms with Crippen LogP contribution in [0.2, 0.25) is 0 Å². The molecule has 792 valence electrons. The molecule has 5 fully saturated rings. The Hall–Kier alpha value is -13.8. The second-order valence-corrected chi connectivity index (χ2v) is 48.4. The molecule has 4 amide bonds. The third kappa shape index (κ3) is 26.7. The van der Waals surface area contributed by atoms with Gasteiger partial charge in [0.2, 0.25) is 11.8 Å². The van der Waals surface area contributed by atoms with Gasteiger partial charge in [0.25, 0.3) is 63.7 Å². The SMILES string of the molecule is CC(C)COc1ccn(-c2ccc(C(=O)NS(=O)(=O)c3cccnc3N)c(N3[C@H](C)CC[C@@H]3C)c2)n1.CCC1(C)CC(C)CN1c1nc(-c2cc(C)cc(OCC(C)C)c2)ccc1C(=O)NS(=O)(=O)c1cccc(N)n1.Cc1cc(C(=O)NS(=O)(=O)c2cccc(N)n2)c(N2C[C@@H](C)CC2(C)C)nc1OC(C)C1CCCCC1.Cc1ccc(-c2ccc(C(=O)NS(=O)(=O)c3cccnc3N)c(N3C[C@@H](C)CC3(C)C)n2)c(O)c1. The summed E-state index contributed by atoms with van der Waals surface area (Å²) >= 11 is 0. The van der Waals surface area contributed by atoms with E-state index in [0.29, 0.717) is 126 Å². The van der Waals surface area contributed by atoms with Gasteiger partial charge in [-0.25, -0.2) is 70.3 Å². The molecule has 8 aromatic heterocycles. The first-order valence-corrected chi connectivity index (χ1v) is 55.9. The van der Waals surface area contributed by atoms with Crippen LogP contribution >= 0.6 is 0 Å². The van der Waals surface area contributed by atoms with Crippen LogP contribution in [-0.4, -0.2) is 175 Å². The monoisotopic (exact) mass is 2100 g/mol. The number of ether oxygens (including phenoxy) is 3. The molecule has 41 heteroatoms. The largest absolute Gasteiger partial charge is 0.507 e. The molecule has 1 saturated carbocycles. The fourth-order valence-electron chi connectivity index (χ4n) is 19.9.